The lowest BCUT2D eigenvalue weighted by Crippen LogP contribution is -2.52. The van der Waals surface area contributed by atoms with Crippen LogP contribution in [0.1, 0.15) is 11.1 Å². The van der Waals surface area contributed by atoms with E-state index in [4.69, 9.17) is 4.74 Å². The second kappa shape index (κ2) is 8.75. The van der Waals surface area contributed by atoms with Gasteiger partial charge in [0.15, 0.2) is 0 Å². The molecule has 5 nitrogen and oxygen atoms in total. The van der Waals surface area contributed by atoms with Gasteiger partial charge in [0.1, 0.15) is 18.2 Å². The van der Waals surface area contributed by atoms with Crippen molar-refractivity contribution in [2.75, 3.05) is 44.2 Å². The van der Waals surface area contributed by atoms with Crippen LogP contribution in [0.15, 0.2) is 42.5 Å². The third-order valence-corrected chi connectivity index (χ3v) is 4.88. The van der Waals surface area contributed by atoms with Crippen molar-refractivity contribution in [3.63, 3.8) is 0 Å². The Bertz CT molecular complexity index is 771. The summed E-state index contributed by atoms with van der Waals surface area (Å²) in [6.45, 7) is 7.76. The van der Waals surface area contributed by atoms with Gasteiger partial charge in [0.25, 0.3) is 0 Å². The van der Waals surface area contributed by atoms with Crippen molar-refractivity contribution in [2.24, 2.45) is 0 Å². The molecule has 0 bridgehead atoms. The molecule has 27 heavy (non-hydrogen) atoms. The van der Waals surface area contributed by atoms with Crippen molar-refractivity contribution in [2.45, 2.75) is 13.8 Å². The maximum absolute atomic E-state index is 13.0. The number of nitrogens with zero attached hydrogens (tertiary/aromatic N) is 2. The third kappa shape index (κ3) is 5.12. The van der Waals surface area contributed by atoms with E-state index < -0.39 is 0 Å². The summed E-state index contributed by atoms with van der Waals surface area (Å²) in [6, 6.07) is 12.4. The van der Waals surface area contributed by atoms with Gasteiger partial charge in [0.05, 0.1) is 6.54 Å². The first-order valence-corrected chi connectivity index (χ1v) is 9.26. The van der Waals surface area contributed by atoms with E-state index in [-0.39, 0.29) is 11.8 Å². The molecule has 1 heterocycles. The number of piperazine rings is 1. The quantitative estimate of drug-likeness (QED) is 0.820. The molecule has 3 rings (SSSR count). The van der Waals surface area contributed by atoms with E-state index >= 15 is 0 Å². The van der Waals surface area contributed by atoms with E-state index in [1.807, 2.05) is 18.2 Å². The van der Waals surface area contributed by atoms with Crippen molar-refractivity contribution in [1.29, 1.82) is 0 Å². The minimum atomic E-state index is -0.236. The van der Waals surface area contributed by atoms with Gasteiger partial charge in [-0.1, -0.05) is 6.07 Å². The van der Waals surface area contributed by atoms with Crippen molar-refractivity contribution in [1.82, 2.24) is 10.2 Å². The number of anilines is 1. The average molecular weight is 371 g/mol. The van der Waals surface area contributed by atoms with E-state index in [9.17, 15) is 9.18 Å². The van der Waals surface area contributed by atoms with Crippen LogP contribution < -0.4 is 15.0 Å². The number of ether oxygens (including phenoxy) is 1. The van der Waals surface area contributed by atoms with Crippen LogP contribution in [0.25, 0.3) is 0 Å². The fraction of sp³-hybridized carbons (Fsp3) is 0.381. The second-order valence-electron chi connectivity index (χ2n) is 6.78. The average Bonchev–Trinajstić information content (AvgIpc) is 2.68. The van der Waals surface area contributed by atoms with E-state index in [0.717, 1.165) is 24.5 Å². The van der Waals surface area contributed by atoms with Crippen LogP contribution in [0.5, 0.6) is 5.75 Å². The molecule has 0 spiro atoms. The van der Waals surface area contributed by atoms with Gasteiger partial charge in [-0.2, -0.15) is 0 Å². The normalized spacial score (nSPS) is 14.2. The number of rotatable bonds is 5. The molecular formula is C21H26FN3O2. The van der Waals surface area contributed by atoms with E-state index in [1.165, 1.54) is 23.3 Å². The van der Waals surface area contributed by atoms with E-state index in [1.54, 1.807) is 17.0 Å². The zero-order valence-electron chi connectivity index (χ0n) is 15.9. The first kappa shape index (κ1) is 19.0. The summed E-state index contributed by atoms with van der Waals surface area (Å²) in [6.07, 6.45) is 0. The number of aryl methyl sites for hydroxylation is 2. The van der Waals surface area contributed by atoms with Gasteiger partial charge < -0.3 is 19.9 Å². The van der Waals surface area contributed by atoms with Gasteiger partial charge >= 0.3 is 6.03 Å². The molecule has 2 amide bonds. The molecule has 1 saturated heterocycles. The number of halogens is 1. The Balaban J connectivity index is 1.38. The fourth-order valence-electron chi connectivity index (χ4n) is 3.06. The van der Waals surface area contributed by atoms with Crippen LogP contribution in [-0.2, 0) is 0 Å². The molecule has 1 aliphatic heterocycles. The summed E-state index contributed by atoms with van der Waals surface area (Å²) in [7, 11) is 0. The summed E-state index contributed by atoms with van der Waals surface area (Å²) < 4.78 is 18.7. The van der Waals surface area contributed by atoms with Crippen molar-refractivity contribution in [3.8, 4) is 5.75 Å². The third-order valence-electron chi connectivity index (χ3n) is 4.88. The van der Waals surface area contributed by atoms with E-state index in [0.29, 0.717) is 26.2 Å². The van der Waals surface area contributed by atoms with Crippen LogP contribution in [0, 0.1) is 19.7 Å². The lowest BCUT2D eigenvalue weighted by Gasteiger charge is -2.36. The number of carbonyl (C=O) groups excluding carboxylic acids is 1. The predicted octanol–water partition coefficient (Wildman–Crippen LogP) is 3.35. The Labute approximate surface area is 159 Å². The predicted molar refractivity (Wildman–Crippen MR) is 105 cm³/mol. The highest BCUT2D eigenvalue weighted by Crippen LogP contribution is 2.17. The van der Waals surface area contributed by atoms with Crippen molar-refractivity contribution < 1.29 is 13.9 Å². The smallest absolute Gasteiger partial charge is 0.317 e. The molecule has 2 aromatic carbocycles. The molecule has 6 heteroatoms. The largest absolute Gasteiger partial charge is 0.492 e. The zero-order chi connectivity index (χ0) is 19.2. The number of nitrogens with one attached hydrogen (secondary N) is 1. The summed E-state index contributed by atoms with van der Waals surface area (Å²) >= 11 is 0. The summed E-state index contributed by atoms with van der Waals surface area (Å²) in [4.78, 5) is 16.2. The van der Waals surface area contributed by atoms with E-state index in [2.05, 4.69) is 24.1 Å². The molecule has 144 valence electrons. The van der Waals surface area contributed by atoms with Crippen LogP contribution in [0.4, 0.5) is 14.9 Å². The minimum absolute atomic E-state index is 0.0718. The Kier molecular flexibility index (Phi) is 6.16. The molecule has 0 saturated carbocycles. The SMILES string of the molecule is Cc1ccc(OCCNC(=O)N2CCN(c3ccc(F)cc3)CC2)cc1C. The molecule has 0 atom stereocenters. The summed E-state index contributed by atoms with van der Waals surface area (Å²) in [5, 5.41) is 2.90. The highest BCUT2D eigenvalue weighted by molar-refractivity contribution is 5.74. The van der Waals surface area contributed by atoms with Crippen molar-refractivity contribution in [3.05, 3.63) is 59.4 Å². The standard InChI is InChI=1S/C21H26FN3O2/c1-16-3-8-20(15-17(16)2)27-14-9-23-21(26)25-12-10-24(11-13-25)19-6-4-18(22)5-7-19/h3-8,15H,9-14H2,1-2H3,(H,23,26). The Hall–Kier alpha value is -2.76. The highest BCUT2D eigenvalue weighted by Gasteiger charge is 2.21. The molecule has 0 unspecified atom stereocenters. The number of carbonyl (C=O) groups is 1. The molecule has 0 aliphatic carbocycles. The number of urea groups is 1. The topological polar surface area (TPSA) is 44.8 Å². The van der Waals surface area contributed by atoms with Gasteiger partial charge in [-0.05, 0) is 61.4 Å². The number of hydrogen-bond acceptors (Lipinski definition) is 3. The summed E-state index contributed by atoms with van der Waals surface area (Å²) in [5.41, 5.74) is 3.41. The van der Waals surface area contributed by atoms with Crippen LogP contribution in [-0.4, -0.2) is 50.3 Å². The number of hydrogen-bond donors (Lipinski definition) is 1. The fourth-order valence-corrected chi connectivity index (χ4v) is 3.06. The van der Waals surface area contributed by atoms with Gasteiger partial charge in [0.2, 0.25) is 0 Å². The lowest BCUT2D eigenvalue weighted by molar-refractivity contribution is 0.191. The minimum Gasteiger partial charge on any atom is -0.492 e. The molecule has 1 N–H and O–H groups in total. The molecule has 2 aromatic rings. The highest BCUT2D eigenvalue weighted by atomic mass is 19.1. The monoisotopic (exact) mass is 371 g/mol. The van der Waals surface area contributed by atoms with Crippen LogP contribution >= 0.6 is 0 Å². The number of benzene rings is 2. The zero-order valence-corrected chi connectivity index (χ0v) is 15.9. The van der Waals surface area contributed by atoms with Crippen LogP contribution in [0.3, 0.4) is 0 Å². The molecule has 1 aliphatic rings. The lowest BCUT2D eigenvalue weighted by atomic mass is 10.1. The molecule has 0 aromatic heterocycles. The Morgan fingerprint density at radius 3 is 2.41 bits per heavy atom. The molecule has 0 radical (unpaired) electrons. The van der Waals surface area contributed by atoms with Crippen molar-refractivity contribution >= 4 is 11.7 Å². The maximum Gasteiger partial charge on any atom is 0.317 e. The van der Waals surface area contributed by atoms with Gasteiger partial charge in [-0.15, -0.1) is 0 Å². The van der Waals surface area contributed by atoms with Gasteiger partial charge in [0, 0.05) is 31.9 Å². The second-order valence-corrected chi connectivity index (χ2v) is 6.78. The first-order valence-electron chi connectivity index (χ1n) is 9.26. The number of amides is 2. The maximum atomic E-state index is 13.0. The Morgan fingerprint density at radius 1 is 1.04 bits per heavy atom. The van der Waals surface area contributed by atoms with Crippen LogP contribution in [0.2, 0.25) is 0 Å². The Morgan fingerprint density at radius 2 is 1.74 bits per heavy atom. The van der Waals surface area contributed by atoms with Gasteiger partial charge in [-0.25, -0.2) is 9.18 Å². The molecular weight excluding hydrogens is 345 g/mol. The summed E-state index contributed by atoms with van der Waals surface area (Å²) in [5.74, 6) is 0.583. The first-order chi connectivity index (χ1) is 13.0. The van der Waals surface area contributed by atoms with Gasteiger partial charge in [-0.3, -0.25) is 0 Å². The molecule has 1 fully saturated rings.